The molecule has 4 heterocycles. The summed E-state index contributed by atoms with van der Waals surface area (Å²) in [4.78, 5) is 19.7. The monoisotopic (exact) mass is 430 g/mol. The molecule has 5 aliphatic rings. The predicted octanol–water partition coefficient (Wildman–Crippen LogP) is 4.73. The average Bonchev–Trinajstić information content (AvgIpc) is 3.45. The van der Waals surface area contributed by atoms with Crippen molar-refractivity contribution in [3.63, 3.8) is 0 Å². The SMILES string of the molecule is Cc1cnc2c(C34CC(C)(C3)C4)nc([C@@H]3C[C@@H](C)O[C@@H](c4cnn(C5CC5)c4)C3)nc2n1. The lowest BCUT2D eigenvalue weighted by atomic mass is 9.35. The average molecular weight is 431 g/mol. The van der Waals surface area contributed by atoms with E-state index in [-0.39, 0.29) is 23.5 Å². The Morgan fingerprint density at radius 2 is 1.88 bits per heavy atom. The normalized spacial score (nSPS) is 36.0. The van der Waals surface area contributed by atoms with Crippen LogP contribution in [0.5, 0.6) is 0 Å². The first-order chi connectivity index (χ1) is 15.4. The number of nitrogens with zero attached hydrogens (tertiary/aromatic N) is 6. The molecule has 1 saturated heterocycles. The number of fused-ring (bicyclic) bond motifs is 1. The Bertz CT molecular complexity index is 1210. The molecule has 8 rings (SSSR count). The molecular formula is C25H30N6O. The van der Waals surface area contributed by atoms with Gasteiger partial charge in [0.2, 0.25) is 0 Å². The minimum absolute atomic E-state index is 0.0384. The maximum atomic E-state index is 6.36. The van der Waals surface area contributed by atoms with Crippen molar-refractivity contribution in [2.75, 3.05) is 0 Å². The van der Waals surface area contributed by atoms with E-state index < -0.39 is 0 Å². The van der Waals surface area contributed by atoms with Crippen molar-refractivity contribution in [1.29, 1.82) is 0 Å². The Balaban J connectivity index is 1.26. The first-order valence-electron chi connectivity index (χ1n) is 12.1. The second-order valence-electron chi connectivity index (χ2n) is 11.3. The molecule has 3 aromatic heterocycles. The lowest BCUT2D eigenvalue weighted by molar-refractivity contribution is -0.127. The molecule has 5 fully saturated rings. The maximum Gasteiger partial charge on any atom is 0.182 e. The van der Waals surface area contributed by atoms with E-state index in [1.807, 2.05) is 19.3 Å². The van der Waals surface area contributed by atoms with E-state index in [1.54, 1.807) is 0 Å². The van der Waals surface area contributed by atoms with Gasteiger partial charge in [-0.15, -0.1) is 0 Å². The summed E-state index contributed by atoms with van der Waals surface area (Å²) in [7, 11) is 0. The molecular weight excluding hydrogens is 400 g/mol. The van der Waals surface area contributed by atoms with Crippen molar-refractivity contribution in [3.8, 4) is 0 Å². The molecule has 0 radical (unpaired) electrons. The molecule has 0 amide bonds. The lowest BCUT2D eigenvalue weighted by Crippen LogP contribution is -2.63. The molecule has 0 N–H and O–H groups in total. The zero-order chi connectivity index (χ0) is 21.7. The third-order valence-electron chi connectivity index (χ3n) is 8.13. The van der Waals surface area contributed by atoms with Crippen LogP contribution in [-0.4, -0.2) is 35.8 Å². The van der Waals surface area contributed by atoms with Crippen LogP contribution < -0.4 is 0 Å². The van der Waals surface area contributed by atoms with Gasteiger partial charge in [-0.1, -0.05) is 6.92 Å². The number of ether oxygens (including phenoxy) is 1. The summed E-state index contributed by atoms with van der Waals surface area (Å²) < 4.78 is 8.47. The third-order valence-corrected chi connectivity index (χ3v) is 8.13. The van der Waals surface area contributed by atoms with Gasteiger partial charge in [0.15, 0.2) is 5.65 Å². The molecule has 7 nitrogen and oxygen atoms in total. The van der Waals surface area contributed by atoms with E-state index in [0.29, 0.717) is 11.5 Å². The quantitative estimate of drug-likeness (QED) is 0.596. The van der Waals surface area contributed by atoms with Crippen molar-refractivity contribution in [1.82, 2.24) is 29.7 Å². The van der Waals surface area contributed by atoms with Gasteiger partial charge in [0, 0.05) is 29.3 Å². The van der Waals surface area contributed by atoms with Gasteiger partial charge < -0.3 is 4.74 Å². The van der Waals surface area contributed by atoms with Gasteiger partial charge in [0.25, 0.3) is 0 Å². The van der Waals surface area contributed by atoms with E-state index in [4.69, 9.17) is 24.7 Å². The summed E-state index contributed by atoms with van der Waals surface area (Å²) in [5, 5.41) is 4.59. The highest BCUT2D eigenvalue weighted by molar-refractivity contribution is 5.75. The van der Waals surface area contributed by atoms with Crippen LogP contribution in [0.3, 0.4) is 0 Å². The number of hydrogen-bond donors (Lipinski definition) is 0. The Morgan fingerprint density at radius 1 is 1.06 bits per heavy atom. The Hall–Kier alpha value is -2.41. The van der Waals surface area contributed by atoms with Crippen molar-refractivity contribution in [3.05, 3.63) is 41.4 Å². The van der Waals surface area contributed by atoms with Crippen molar-refractivity contribution in [2.24, 2.45) is 5.41 Å². The Morgan fingerprint density at radius 3 is 2.62 bits per heavy atom. The molecule has 1 aliphatic heterocycles. The van der Waals surface area contributed by atoms with Crippen LogP contribution in [0, 0.1) is 12.3 Å². The van der Waals surface area contributed by atoms with Crippen LogP contribution in [0.15, 0.2) is 18.6 Å². The molecule has 32 heavy (non-hydrogen) atoms. The molecule has 0 unspecified atom stereocenters. The van der Waals surface area contributed by atoms with E-state index in [1.165, 1.54) is 37.7 Å². The largest absolute Gasteiger partial charge is 0.370 e. The molecule has 166 valence electrons. The van der Waals surface area contributed by atoms with Gasteiger partial charge in [-0.2, -0.15) is 5.10 Å². The highest BCUT2D eigenvalue weighted by Crippen LogP contribution is 2.73. The van der Waals surface area contributed by atoms with Crippen LogP contribution in [0.2, 0.25) is 0 Å². The van der Waals surface area contributed by atoms with E-state index in [0.717, 1.165) is 41.2 Å². The lowest BCUT2D eigenvalue weighted by Gasteiger charge is -2.69. The second-order valence-corrected chi connectivity index (χ2v) is 11.3. The first kappa shape index (κ1) is 19.1. The molecule has 4 aliphatic carbocycles. The fourth-order valence-corrected chi connectivity index (χ4v) is 6.74. The van der Waals surface area contributed by atoms with Crippen LogP contribution in [-0.2, 0) is 10.2 Å². The minimum Gasteiger partial charge on any atom is -0.370 e. The number of aryl methyl sites for hydroxylation is 1. The third kappa shape index (κ3) is 2.86. The Kier molecular flexibility index (Phi) is 3.78. The van der Waals surface area contributed by atoms with Gasteiger partial charge in [-0.05, 0) is 64.2 Å². The standard InChI is InChI=1S/C25H30N6O/c1-14-8-26-20-21(25-11-24(3,12-25)13-25)29-22(30-23(20)28-14)16-6-15(2)32-19(7-16)17-9-27-31(10-17)18-4-5-18/h8-10,15-16,18-19H,4-7,11-13H2,1-3H3/t15-,16-,19-,24?,25?/m1/s1. The topological polar surface area (TPSA) is 78.6 Å². The van der Waals surface area contributed by atoms with Gasteiger partial charge in [0.1, 0.15) is 11.3 Å². The number of rotatable bonds is 4. The van der Waals surface area contributed by atoms with Gasteiger partial charge in [0.05, 0.1) is 35.8 Å². The van der Waals surface area contributed by atoms with Crippen molar-refractivity contribution >= 4 is 11.2 Å². The van der Waals surface area contributed by atoms with Crippen molar-refractivity contribution in [2.45, 2.75) is 95.3 Å². The van der Waals surface area contributed by atoms with Crippen molar-refractivity contribution < 1.29 is 4.74 Å². The van der Waals surface area contributed by atoms with Gasteiger partial charge >= 0.3 is 0 Å². The summed E-state index contributed by atoms with van der Waals surface area (Å²) in [5.41, 5.74) is 5.60. The fourth-order valence-electron chi connectivity index (χ4n) is 6.74. The van der Waals surface area contributed by atoms with Crippen LogP contribution in [0.4, 0.5) is 0 Å². The zero-order valence-electron chi connectivity index (χ0n) is 19.1. The second kappa shape index (κ2) is 6.34. The van der Waals surface area contributed by atoms with E-state index in [9.17, 15) is 0 Å². The summed E-state index contributed by atoms with van der Waals surface area (Å²) in [6, 6.07) is 0.587. The van der Waals surface area contributed by atoms with Crippen LogP contribution in [0.1, 0.15) is 99.6 Å². The summed E-state index contributed by atoms with van der Waals surface area (Å²) in [5.74, 6) is 1.18. The molecule has 3 aromatic rings. The molecule has 4 saturated carbocycles. The molecule has 0 aromatic carbocycles. The summed E-state index contributed by atoms with van der Waals surface area (Å²) in [6.45, 7) is 6.54. The molecule has 7 heteroatoms. The van der Waals surface area contributed by atoms with Crippen LogP contribution in [0.25, 0.3) is 11.2 Å². The summed E-state index contributed by atoms with van der Waals surface area (Å²) >= 11 is 0. The fraction of sp³-hybridized carbons (Fsp3) is 0.640. The van der Waals surface area contributed by atoms with Gasteiger partial charge in [-0.3, -0.25) is 4.68 Å². The maximum absolute atomic E-state index is 6.36. The zero-order valence-corrected chi connectivity index (χ0v) is 19.1. The summed E-state index contributed by atoms with van der Waals surface area (Å²) in [6.07, 6.45) is 14.2. The van der Waals surface area contributed by atoms with Gasteiger partial charge in [-0.25, -0.2) is 19.9 Å². The molecule has 2 bridgehead atoms. The number of aromatic nitrogens is 6. The Labute approximate surface area is 188 Å². The van der Waals surface area contributed by atoms with E-state index >= 15 is 0 Å². The predicted molar refractivity (Wildman–Crippen MR) is 119 cm³/mol. The first-order valence-corrected chi connectivity index (χ1v) is 12.1. The van der Waals surface area contributed by atoms with E-state index in [2.05, 4.69) is 29.8 Å². The smallest absolute Gasteiger partial charge is 0.182 e. The highest BCUT2D eigenvalue weighted by Gasteiger charge is 2.67. The molecule has 3 atom stereocenters. The minimum atomic E-state index is 0.0384. The number of hydrogen-bond acceptors (Lipinski definition) is 6. The molecule has 0 spiro atoms. The van der Waals surface area contributed by atoms with Crippen LogP contribution >= 0.6 is 0 Å². The highest BCUT2D eigenvalue weighted by atomic mass is 16.5.